The maximum absolute atomic E-state index is 11.2. The first-order valence-electron chi connectivity index (χ1n) is 6.69. The van der Waals surface area contributed by atoms with Crippen molar-refractivity contribution in [1.82, 2.24) is 0 Å². The van der Waals surface area contributed by atoms with E-state index in [1.165, 1.54) is 0 Å². The molecule has 0 N–H and O–H groups in total. The number of carbonyl (C=O) groups is 1. The van der Waals surface area contributed by atoms with E-state index in [1.54, 1.807) is 0 Å². The van der Waals surface area contributed by atoms with Crippen LogP contribution in [-0.2, 0) is 14.0 Å². The number of hydrogen-bond donors (Lipinski definition) is 0. The molecule has 2 rings (SSSR count). The zero-order valence-electron chi connectivity index (χ0n) is 12.0. The fourth-order valence-electron chi connectivity index (χ4n) is 2.32. The van der Waals surface area contributed by atoms with Crippen LogP contribution in [0, 0.1) is 11.8 Å². The minimum atomic E-state index is -1.74. The van der Waals surface area contributed by atoms with Crippen LogP contribution in [0.4, 0.5) is 0 Å². The highest BCUT2D eigenvalue weighted by Crippen LogP contribution is 2.41. The SMILES string of the molecule is CC(C)(C)[Si](C)(C)OC[C@@H]1[C@@H](C=O)[C@@H]2C=C[C@H]1O2. The van der Waals surface area contributed by atoms with E-state index in [1.807, 2.05) is 6.08 Å². The Bertz CT molecular complexity index is 357. The molecule has 18 heavy (non-hydrogen) atoms. The van der Waals surface area contributed by atoms with Gasteiger partial charge in [0.15, 0.2) is 8.32 Å². The molecule has 0 unspecified atom stereocenters. The normalized spacial score (nSPS) is 35.2. The van der Waals surface area contributed by atoms with Crippen molar-refractivity contribution in [2.24, 2.45) is 11.8 Å². The van der Waals surface area contributed by atoms with Gasteiger partial charge >= 0.3 is 0 Å². The van der Waals surface area contributed by atoms with Crippen molar-refractivity contribution >= 4 is 14.6 Å². The Hall–Kier alpha value is -0.453. The monoisotopic (exact) mass is 268 g/mol. The smallest absolute Gasteiger partial charge is 0.191 e. The Balaban J connectivity index is 1.99. The molecule has 0 aromatic rings. The van der Waals surface area contributed by atoms with Crippen LogP contribution >= 0.6 is 0 Å². The molecule has 102 valence electrons. The molecule has 4 heteroatoms. The summed E-state index contributed by atoms with van der Waals surface area (Å²) in [5.41, 5.74) is 0. The van der Waals surface area contributed by atoms with Gasteiger partial charge in [0, 0.05) is 12.5 Å². The van der Waals surface area contributed by atoms with Gasteiger partial charge in [-0.3, -0.25) is 0 Å². The summed E-state index contributed by atoms with van der Waals surface area (Å²) in [6.45, 7) is 11.8. The number of hydrogen-bond acceptors (Lipinski definition) is 3. The van der Waals surface area contributed by atoms with Gasteiger partial charge in [0.05, 0.1) is 18.1 Å². The summed E-state index contributed by atoms with van der Waals surface area (Å²) in [5, 5.41) is 0.206. The van der Waals surface area contributed by atoms with Crippen LogP contribution in [0.25, 0.3) is 0 Å². The van der Waals surface area contributed by atoms with Crippen molar-refractivity contribution < 1.29 is 14.0 Å². The molecule has 1 saturated heterocycles. The molecule has 2 heterocycles. The van der Waals surface area contributed by atoms with Crippen LogP contribution in [0.15, 0.2) is 12.2 Å². The first-order chi connectivity index (χ1) is 8.26. The van der Waals surface area contributed by atoms with Crippen molar-refractivity contribution in [3.8, 4) is 0 Å². The highest BCUT2D eigenvalue weighted by molar-refractivity contribution is 6.74. The third-order valence-corrected chi connectivity index (χ3v) is 9.20. The fraction of sp³-hybridized carbons (Fsp3) is 0.786. The molecule has 1 fully saturated rings. The molecule has 0 spiro atoms. The van der Waals surface area contributed by atoms with Gasteiger partial charge in [-0.2, -0.15) is 0 Å². The van der Waals surface area contributed by atoms with Crippen LogP contribution in [0.2, 0.25) is 18.1 Å². The van der Waals surface area contributed by atoms with Crippen LogP contribution in [0.3, 0.4) is 0 Å². The van der Waals surface area contributed by atoms with Crippen LogP contribution in [0.1, 0.15) is 20.8 Å². The van der Waals surface area contributed by atoms with E-state index >= 15 is 0 Å². The third kappa shape index (κ3) is 2.33. The molecule has 2 aliphatic heterocycles. The average molecular weight is 268 g/mol. The van der Waals surface area contributed by atoms with Gasteiger partial charge in [0.2, 0.25) is 0 Å². The van der Waals surface area contributed by atoms with E-state index in [-0.39, 0.29) is 29.1 Å². The summed E-state index contributed by atoms with van der Waals surface area (Å²) < 4.78 is 12.0. The van der Waals surface area contributed by atoms with Crippen LogP contribution < -0.4 is 0 Å². The van der Waals surface area contributed by atoms with E-state index in [0.29, 0.717) is 6.61 Å². The van der Waals surface area contributed by atoms with E-state index in [0.717, 1.165) is 6.29 Å². The maximum atomic E-state index is 11.2. The zero-order chi connectivity index (χ0) is 13.6. The summed E-state index contributed by atoms with van der Waals surface area (Å²) in [7, 11) is -1.74. The Morgan fingerprint density at radius 2 is 1.89 bits per heavy atom. The minimum Gasteiger partial charge on any atom is -0.416 e. The summed E-state index contributed by atoms with van der Waals surface area (Å²) in [4.78, 5) is 11.2. The first-order valence-corrected chi connectivity index (χ1v) is 9.60. The number of rotatable bonds is 4. The highest BCUT2D eigenvalue weighted by Gasteiger charge is 2.47. The van der Waals surface area contributed by atoms with Crippen molar-refractivity contribution in [3.63, 3.8) is 0 Å². The van der Waals surface area contributed by atoms with Crippen molar-refractivity contribution in [1.29, 1.82) is 0 Å². The Kier molecular flexibility index (Phi) is 3.55. The molecular formula is C14H24O3Si. The Morgan fingerprint density at radius 1 is 1.28 bits per heavy atom. The molecule has 0 amide bonds. The van der Waals surface area contributed by atoms with E-state index in [2.05, 4.69) is 39.9 Å². The second-order valence-corrected chi connectivity index (χ2v) is 11.7. The predicted octanol–water partition coefficient (Wildman–Crippen LogP) is 2.78. The Labute approximate surface area is 111 Å². The lowest BCUT2D eigenvalue weighted by Crippen LogP contribution is -2.43. The molecule has 0 saturated carbocycles. The zero-order valence-corrected chi connectivity index (χ0v) is 13.0. The second kappa shape index (κ2) is 4.58. The van der Waals surface area contributed by atoms with E-state index < -0.39 is 8.32 Å². The molecule has 0 radical (unpaired) electrons. The van der Waals surface area contributed by atoms with Crippen molar-refractivity contribution in [2.45, 2.75) is 51.1 Å². The largest absolute Gasteiger partial charge is 0.416 e. The summed E-state index contributed by atoms with van der Waals surface area (Å²) in [5.74, 6) is 0.177. The van der Waals surface area contributed by atoms with Crippen molar-refractivity contribution in [2.75, 3.05) is 6.61 Å². The molecular weight excluding hydrogens is 244 g/mol. The predicted molar refractivity (Wildman–Crippen MR) is 74.0 cm³/mol. The highest BCUT2D eigenvalue weighted by atomic mass is 28.4. The lowest BCUT2D eigenvalue weighted by Gasteiger charge is -2.37. The second-order valence-electron chi connectivity index (χ2n) is 6.90. The van der Waals surface area contributed by atoms with E-state index in [9.17, 15) is 4.79 Å². The number of ether oxygens (including phenoxy) is 1. The molecule has 4 atom stereocenters. The van der Waals surface area contributed by atoms with Gasteiger partial charge in [-0.05, 0) is 18.1 Å². The van der Waals surface area contributed by atoms with Crippen molar-refractivity contribution in [3.05, 3.63) is 12.2 Å². The lowest BCUT2D eigenvalue weighted by atomic mass is 9.85. The molecule has 3 nitrogen and oxygen atoms in total. The summed E-state index contributed by atoms with van der Waals surface area (Å²) >= 11 is 0. The fourth-order valence-corrected chi connectivity index (χ4v) is 3.36. The number of carbonyl (C=O) groups excluding carboxylic acids is 1. The minimum absolute atomic E-state index is 0.0134. The standard InChI is InChI=1S/C14H24O3Si/c1-14(2,3)18(4,5)16-9-11-10(8-15)12-6-7-13(11)17-12/h6-8,10-13H,9H2,1-5H3/t10-,11-,12+,13-/m1/s1. The molecule has 0 aliphatic carbocycles. The summed E-state index contributed by atoms with van der Waals surface area (Å²) in [6.07, 6.45) is 5.18. The van der Waals surface area contributed by atoms with Crippen LogP contribution in [0.5, 0.6) is 0 Å². The van der Waals surface area contributed by atoms with Gasteiger partial charge in [-0.1, -0.05) is 32.9 Å². The molecule has 0 aromatic heterocycles. The maximum Gasteiger partial charge on any atom is 0.191 e. The number of aldehydes is 1. The van der Waals surface area contributed by atoms with Gasteiger partial charge in [0.1, 0.15) is 6.29 Å². The topological polar surface area (TPSA) is 35.5 Å². The molecule has 0 aromatic carbocycles. The average Bonchev–Trinajstić information content (AvgIpc) is 2.84. The van der Waals surface area contributed by atoms with Gasteiger partial charge in [-0.25, -0.2) is 0 Å². The van der Waals surface area contributed by atoms with Crippen LogP contribution in [-0.4, -0.2) is 33.4 Å². The van der Waals surface area contributed by atoms with Gasteiger partial charge in [-0.15, -0.1) is 0 Å². The number of fused-ring (bicyclic) bond motifs is 2. The quantitative estimate of drug-likeness (QED) is 0.447. The molecule has 2 bridgehead atoms. The molecule has 2 aliphatic rings. The Morgan fingerprint density at radius 3 is 2.44 bits per heavy atom. The lowest BCUT2D eigenvalue weighted by molar-refractivity contribution is -0.113. The first kappa shape index (κ1) is 14.0. The van der Waals surface area contributed by atoms with Gasteiger partial charge < -0.3 is 14.0 Å². The van der Waals surface area contributed by atoms with E-state index in [4.69, 9.17) is 9.16 Å². The summed E-state index contributed by atoms with van der Waals surface area (Å²) in [6, 6.07) is 0. The van der Waals surface area contributed by atoms with Gasteiger partial charge in [0.25, 0.3) is 0 Å². The third-order valence-electron chi connectivity index (χ3n) is 4.70.